The molecule has 0 fully saturated rings. The van der Waals surface area contributed by atoms with Crippen LogP contribution in [0.3, 0.4) is 0 Å². The molecule has 2 aromatic carbocycles. The number of halogens is 1. The van der Waals surface area contributed by atoms with E-state index < -0.39 is 11.8 Å². The first-order chi connectivity index (χ1) is 11.1. The minimum Gasteiger partial charge on any atom is -0.402 e. The van der Waals surface area contributed by atoms with Crippen LogP contribution in [0.1, 0.15) is 18.1 Å². The summed E-state index contributed by atoms with van der Waals surface area (Å²) in [5.41, 5.74) is 2.20. The van der Waals surface area contributed by atoms with Crippen LogP contribution in [0.15, 0.2) is 76.9 Å². The van der Waals surface area contributed by atoms with Gasteiger partial charge in [0.25, 0.3) is 0 Å². The van der Waals surface area contributed by atoms with E-state index in [1.54, 1.807) is 18.2 Å². The molecule has 0 bridgehead atoms. The zero-order chi connectivity index (χ0) is 16.2. The minimum absolute atomic E-state index is 0.00754. The molecule has 0 atom stereocenters. The maximum atomic E-state index is 13.7. The lowest BCUT2D eigenvalue weighted by molar-refractivity contribution is -0.130. The molecule has 0 saturated heterocycles. The van der Waals surface area contributed by atoms with E-state index >= 15 is 0 Å². The zero-order valence-corrected chi connectivity index (χ0v) is 12.5. The molecule has 3 nitrogen and oxygen atoms in total. The SMILES string of the molecule is CC(=C/c1ccccc1)/C=C1/N=C(c2ccccc2F)OC1=O. The number of nitrogens with zero attached hydrogens (tertiary/aromatic N) is 1. The first kappa shape index (κ1) is 14.9. The van der Waals surface area contributed by atoms with Crippen molar-refractivity contribution in [1.29, 1.82) is 0 Å². The van der Waals surface area contributed by atoms with E-state index in [1.807, 2.05) is 43.3 Å². The second-order valence-electron chi connectivity index (χ2n) is 5.11. The quantitative estimate of drug-likeness (QED) is 0.632. The number of carbonyl (C=O) groups excluding carboxylic acids is 1. The lowest BCUT2D eigenvalue weighted by Crippen LogP contribution is -2.07. The molecule has 3 rings (SSSR count). The fourth-order valence-corrected chi connectivity index (χ4v) is 2.23. The van der Waals surface area contributed by atoms with Gasteiger partial charge >= 0.3 is 5.97 Å². The molecule has 0 aliphatic carbocycles. The molecule has 23 heavy (non-hydrogen) atoms. The number of aliphatic imine (C=N–C) groups is 1. The standard InChI is InChI=1S/C19H14FNO2/c1-13(11-14-7-3-2-4-8-14)12-17-19(22)23-18(21-17)15-9-5-6-10-16(15)20/h2-12H,1H3/b13-11-,17-12+. The summed E-state index contributed by atoms with van der Waals surface area (Å²) in [7, 11) is 0. The van der Waals surface area contributed by atoms with Crippen LogP contribution in [-0.4, -0.2) is 11.9 Å². The number of carbonyl (C=O) groups is 1. The first-order valence-corrected chi connectivity index (χ1v) is 7.14. The molecular formula is C19H14FNO2. The van der Waals surface area contributed by atoms with Crippen molar-refractivity contribution in [3.8, 4) is 0 Å². The molecule has 0 spiro atoms. The van der Waals surface area contributed by atoms with Crippen molar-refractivity contribution in [3.63, 3.8) is 0 Å². The lowest BCUT2D eigenvalue weighted by atomic mass is 10.1. The average Bonchev–Trinajstić information content (AvgIpc) is 2.89. The van der Waals surface area contributed by atoms with Crippen molar-refractivity contribution >= 4 is 17.9 Å². The highest BCUT2D eigenvalue weighted by Gasteiger charge is 2.25. The monoisotopic (exact) mass is 307 g/mol. The Morgan fingerprint density at radius 1 is 1.09 bits per heavy atom. The van der Waals surface area contributed by atoms with Crippen molar-refractivity contribution in [3.05, 3.63) is 88.9 Å². The van der Waals surface area contributed by atoms with Crippen LogP contribution in [0, 0.1) is 5.82 Å². The summed E-state index contributed by atoms with van der Waals surface area (Å²) in [6.07, 6.45) is 3.56. The molecule has 114 valence electrons. The van der Waals surface area contributed by atoms with Gasteiger partial charge in [-0.1, -0.05) is 48.5 Å². The predicted molar refractivity (Wildman–Crippen MR) is 87.2 cm³/mol. The van der Waals surface area contributed by atoms with Gasteiger partial charge in [0, 0.05) is 0 Å². The Bertz CT molecular complexity index is 835. The molecule has 1 aliphatic rings. The highest BCUT2D eigenvalue weighted by Crippen LogP contribution is 2.20. The van der Waals surface area contributed by atoms with Gasteiger partial charge in [-0.3, -0.25) is 0 Å². The minimum atomic E-state index is -0.580. The maximum Gasteiger partial charge on any atom is 0.363 e. The number of hydrogen-bond acceptors (Lipinski definition) is 3. The van der Waals surface area contributed by atoms with Gasteiger partial charge in [-0.05, 0) is 36.3 Å². The van der Waals surface area contributed by atoms with E-state index in [1.165, 1.54) is 12.1 Å². The van der Waals surface area contributed by atoms with Gasteiger partial charge < -0.3 is 4.74 Å². The van der Waals surface area contributed by atoms with E-state index in [2.05, 4.69) is 4.99 Å². The van der Waals surface area contributed by atoms with Gasteiger partial charge in [-0.2, -0.15) is 0 Å². The number of rotatable bonds is 3. The fourth-order valence-electron chi connectivity index (χ4n) is 2.23. The van der Waals surface area contributed by atoms with Gasteiger partial charge in [0.2, 0.25) is 5.90 Å². The second-order valence-corrected chi connectivity index (χ2v) is 5.11. The molecule has 0 aromatic heterocycles. The Balaban J connectivity index is 1.89. The van der Waals surface area contributed by atoms with E-state index in [9.17, 15) is 9.18 Å². The van der Waals surface area contributed by atoms with E-state index in [-0.39, 0.29) is 17.2 Å². The fraction of sp³-hybridized carbons (Fsp3) is 0.0526. The predicted octanol–water partition coefficient (Wildman–Crippen LogP) is 4.12. The number of benzene rings is 2. The molecule has 4 heteroatoms. The van der Waals surface area contributed by atoms with Gasteiger partial charge in [0.15, 0.2) is 5.70 Å². The molecule has 0 saturated carbocycles. The normalized spacial score (nSPS) is 16.4. The number of esters is 1. The summed E-state index contributed by atoms with van der Waals surface area (Å²) in [5.74, 6) is -1.06. The first-order valence-electron chi connectivity index (χ1n) is 7.14. The van der Waals surface area contributed by atoms with Crippen molar-refractivity contribution in [2.24, 2.45) is 4.99 Å². The summed E-state index contributed by atoms with van der Waals surface area (Å²) in [6.45, 7) is 1.86. The van der Waals surface area contributed by atoms with Gasteiger partial charge in [0.05, 0.1) is 5.56 Å². The topological polar surface area (TPSA) is 38.7 Å². The average molecular weight is 307 g/mol. The Morgan fingerprint density at radius 2 is 1.78 bits per heavy atom. The van der Waals surface area contributed by atoms with Crippen LogP contribution in [0.4, 0.5) is 4.39 Å². The van der Waals surface area contributed by atoms with Crippen LogP contribution in [-0.2, 0) is 9.53 Å². The van der Waals surface area contributed by atoms with E-state index in [4.69, 9.17) is 4.74 Å². The van der Waals surface area contributed by atoms with Crippen LogP contribution < -0.4 is 0 Å². The summed E-state index contributed by atoms with van der Waals surface area (Å²) in [6, 6.07) is 15.8. The molecule has 1 heterocycles. The Morgan fingerprint density at radius 3 is 2.52 bits per heavy atom. The van der Waals surface area contributed by atoms with Gasteiger partial charge in [-0.15, -0.1) is 0 Å². The summed E-state index contributed by atoms with van der Waals surface area (Å²) >= 11 is 0. The van der Waals surface area contributed by atoms with Crippen LogP contribution in [0.5, 0.6) is 0 Å². The molecular weight excluding hydrogens is 293 g/mol. The molecule has 0 unspecified atom stereocenters. The number of hydrogen-bond donors (Lipinski definition) is 0. The molecule has 0 amide bonds. The van der Waals surface area contributed by atoms with Crippen LogP contribution >= 0.6 is 0 Å². The van der Waals surface area contributed by atoms with Gasteiger partial charge in [0.1, 0.15) is 5.82 Å². The second kappa shape index (κ2) is 6.40. The largest absolute Gasteiger partial charge is 0.402 e. The Labute approximate surface area is 133 Å². The van der Waals surface area contributed by atoms with Crippen molar-refractivity contribution in [1.82, 2.24) is 0 Å². The summed E-state index contributed by atoms with van der Waals surface area (Å²) in [4.78, 5) is 16.0. The van der Waals surface area contributed by atoms with Crippen LogP contribution in [0.25, 0.3) is 6.08 Å². The number of ether oxygens (including phenoxy) is 1. The zero-order valence-electron chi connectivity index (χ0n) is 12.5. The molecule has 1 aliphatic heterocycles. The van der Waals surface area contributed by atoms with E-state index in [0.29, 0.717) is 0 Å². The van der Waals surface area contributed by atoms with Crippen LogP contribution in [0.2, 0.25) is 0 Å². The van der Waals surface area contributed by atoms with Crippen molar-refractivity contribution in [2.45, 2.75) is 6.92 Å². The third-order valence-electron chi connectivity index (χ3n) is 3.28. The Kier molecular flexibility index (Phi) is 4.15. The molecule has 0 N–H and O–H groups in total. The molecule has 2 aromatic rings. The Hall–Kier alpha value is -3.01. The third-order valence-corrected chi connectivity index (χ3v) is 3.28. The summed E-state index contributed by atoms with van der Waals surface area (Å²) < 4.78 is 18.8. The molecule has 0 radical (unpaired) electrons. The van der Waals surface area contributed by atoms with Gasteiger partial charge in [-0.25, -0.2) is 14.2 Å². The van der Waals surface area contributed by atoms with Crippen molar-refractivity contribution < 1.29 is 13.9 Å². The number of allylic oxidation sites excluding steroid dienone is 2. The van der Waals surface area contributed by atoms with Crippen molar-refractivity contribution in [2.75, 3.05) is 0 Å². The highest BCUT2D eigenvalue weighted by molar-refractivity contribution is 6.11. The maximum absolute atomic E-state index is 13.7. The lowest BCUT2D eigenvalue weighted by Gasteiger charge is -1.99. The van der Waals surface area contributed by atoms with E-state index in [0.717, 1.165) is 11.1 Å². The highest BCUT2D eigenvalue weighted by atomic mass is 19.1. The summed E-state index contributed by atoms with van der Waals surface area (Å²) in [5, 5.41) is 0. The number of cyclic esters (lactones) is 1. The smallest absolute Gasteiger partial charge is 0.363 e. The third kappa shape index (κ3) is 3.43.